The first-order valence-electron chi connectivity index (χ1n) is 6.47. The fourth-order valence-corrected chi connectivity index (χ4v) is 2.53. The van der Waals surface area contributed by atoms with Crippen LogP contribution in [-0.4, -0.2) is 26.7 Å². The molecule has 0 fully saturated rings. The summed E-state index contributed by atoms with van der Waals surface area (Å²) in [6.45, 7) is 2.43. The van der Waals surface area contributed by atoms with Crippen LogP contribution in [0.4, 0.5) is 0 Å². The number of benzene rings is 1. The summed E-state index contributed by atoms with van der Waals surface area (Å²) >= 11 is 5.75. The second-order valence-electron chi connectivity index (χ2n) is 4.72. The molecule has 1 atom stereocenters. The third-order valence-corrected chi connectivity index (χ3v) is 4.15. The van der Waals surface area contributed by atoms with Crippen molar-refractivity contribution in [2.24, 2.45) is 5.92 Å². The van der Waals surface area contributed by atoms with Crippen molar-refractivity contribution in [1.29, 1.82) is 0 Å². The number of sulfonamides is 1. The van der Waals surface area contributed by atoms with Gasteiger partial charge < -0.3 is 5.11 Å². The van der Waals surface area contributed by atoms with Crippen LogP contribution in [-0.2, 0) is 10.0 Å². The third-order valence-electron chi connectivity index (χ3n) is 2.80. The van der Waals surface area contributed by atoms with E-state index in [0.717, 1.165) is 17.4 Å². The standard InChI is InChI=1S/C14H20ClNO3S/c1-12(11-17)3-2-9-16-20(18,19)10-8-13-4-6-14(15)7-5-13/h4-8,10,12,16-17H,2-3,9,11H2,1H3/b10-8+. The smallest absolute Gasteiger partial charge is 0.233 e. The molecule has 0 amide bonds. The van der Waals surface area contributed by atoms with Crippen molar-refractivity contribution in [3.63, 3.8) is 0 Å². The van der Waals surface area contributed by atoms with Gasteiger partial charge in [0.05, 0.1) is 0 Å². The van der Waals surface area contributed by atoms with Gasteiger partial charge in [-0.05, 0) is 42.5 Å². The van der Waals surface area contributed by atoms with Gasteiger partial charge in [0.15, 0.2) is 0 Å². The molecule has 0 spiro atoms. The lowest BCUT2D eigenvalue weighted by molar-refractivity contribution is 0.228. The minimum Gasteiger partial charge on any atom is -0.396 e. The molecule has 1 rings (SSSR count). The average Bonchev–Trinajstić information content (AvgIpc) is 2.43. The number of halogens is 1. The maximum absolute atomic E-state index is 11.7. The number of rotatable bonds is 8. The highest BCUT2D eigenvalue weighted by Crippen LogP contribution is 2.11. The zero-order valence-corrected chi connectivity index (χ0v) is 13.0. The van der Waals surface area contributed by atoms with Crippen molar-refractivity contribution in [3.8, 4) is 0 Å². The van der Waals surface area contributed by atoms with Gasteiger partial charge in [-0.25, -0.2) is 13.1 Å². The SMILES string of the molecule is CC(CO)CCCNS(=O)(=O)/C=C/c1ccc(Cl)cc1. The van der Waals surface area contributed by atoms with E-state index in [2.05, 4.69) is 4.72 Å². The van der Waals surface area contributed by atoms with Crippen molar-refractivity contribution < 1.29 is 13.5 Å². The first-order valence-corrected chi connectivity index (χ1v) is 8.39. The fraction of sp³-hybridized carbons (Fsp3) is 0.429. The molecule has 0 aromatic heterocycles. The van der Waals surface area contributed by atoms with E-state index in [1.807, 2.05) is 6.92 Å². The van der Waals surface area contributed by atoms with Crippen LogP contribution in [0, 0.1) is 5.92 Å². The van der Waals surface area contributed by atoms with Crippen LogP contribution in [0.25, 0.3) is 6.08 Å². The largest absolute Gasteiger partial charge is 0.396 e. The summed E-state index contributed by atoms with van der Waals surface area (Å²) in [7, 11) is -3.42. The molecule has 1 unspecified atom stereocenters. The predicted octanol–water partition coefficient (Wildman–Crippen LogP) is 2.64. The highest BCUT2D eigenvalue weighted by atomic mass is 35.5. The zero-order valence-electron chi connectivity index (χ0n) is 11.4. The van der Waals surface area contributed by atoms with Gasteiger partial charge in [0.25, 0.3) is 0 Å². The summed E-state index contributed by atoms with van der Waals surface area (Å²) in [5.41, 5.74) is 0.772. The third kappa shape index (κ3) is 7.05. The van der Waals surface area contributed by atoms with Crippen molar-refractivity contribution in [3.05, 3.63) is 40.3 Å². The van der Waals surface area contributed by atoms with Crippen molar-refractivity contribution in [2.45, 2.75) is 19.8 Å². The quantitative estimate of drug-likeness (QED) is 0.724. The maximum atomic E-state index is 11.7. The van der Waals surface area contributed by atoms with Crippen LogP contribution >= 0.6 is 11.6 Å². The molecule has 0 aliphatic carbocycles. The first kappa shape index (κ1) is 17.2. The molecule has 6 heteroatoms. The van der Waals surface area contributed by atoms with Crippen molar-refractivity contribution in [1.82, 2.24) is 4.72 Å². The fourth-order valence-electron chi connectivity index (χ4n) is 1.55. The normalized spacial score (nSPS) is 13.8. The summed E-state index contributed by atoms with van der Waals surface area (Å²) in [4.78, 5) is 0. The minimum absolute atomic E-state index is 0.128. The van der Waals surface area contributed by atoms with E-state index in [-0.39, 0.29) is 12.5 Å². The molecule has 0 bridgehead atoms. The number of hydrogen-bond donors (Lipinski definition) is 2. The van der Waals surface area contributed by atoms with E-state index in [9.17, 15) is 8.42 Å². The molecule has 0 saturated carbocycles. The van der Waals surface area contributed by atoms with Gasteiger partial charge in [0, 0.05) is 23.6 Å². The van der Waals surface area contributed by atoms with Crippen molar-refractivity contribution in [2.75, 3.05) is 13.2 Å². The van der Waals surface area contributed by atoms with E-state index in [0.29, 0.717) is 18.0 Å². The van der Waals surface area contributed by atoms with Gasteiger partial charge >= 0.3 is 0 Å². The molecular formula is C14H20ClNO3S. The lowest BCUT2D eigenvalue weighted by atomic mass is 10.1. The molecule has 0 aliphatic heterocycles. The van der Waals surface area contributed by atoms with E-state index in [4.69, 9.17) is 16.7 Å². The Kier molecular flexibility index (Phi) is 7.23. The molecule has 1 aromatic carbocycles. The monoisotopic (exact) mass is 317 g/mol. The van der Waals surface area contributed by atoms with Crippen LogP contribution in [0.2, 0.25) is 5.02 Å². The van der Waals surface area contributed by atoms with Gasteiger partial charge in [-0.3, -0.25) is 0 Å². The molecule has 2 N–H and O–H groups in total. The lowest BCUT2D eigenvalue weighted by Gasteiger charge is -2.07. The molecule has 0 radical (unpaired) electrons. The summed E-state index contributed by atoms with van der Waals surface area (Å²) in [5.74, 6) is 0.198. The first-order chi connectivity index (χ1) is 9.43. The minimum atomic E-state index is -3.42. The van der Waals surface area contributed by atoms with Crippen molar-refractivity contribution >= 4 is 27.7 Å². The molecule has 20 heavy (non-hydrogen) atoms. The molecule has 4 nitrogen and oxygen atoms in total. The van der Waals surface area contributed by atoms with Crippen LogP contribution < -0.4 is 4.72 Å². The Morgan fingerprint density at radius 1 is 1.35 bits per heavy atom. The average molecular weight is 318 g/mol. The van der Waals surface area contributed by atoms with Gasteiger partial charge in [0.2, 0.25) is 10.0 Å². The summed E-state index contributed by atoms with van der Waals surface area (Å²) in [6.07, 6.45) is 3.02. The van der Waals surface area contributed by atoms with Gasteiger partial charge in [0.1, 0.15) is 0 Å². The number of nitrogens with one attached hydrogen (secondary N) is 1. The van der Waals surface area contributed by atoms with E-state index < -0.39 is 10.0 Å². The number of aliphatic hydroxyl groups excluding tert-OH is 1. The number of aliphatic hydroxyl groups is 1. The highest BCUT2D eigenvalue weighted by molar-refractivity contribution is 7.92. The van der Waals surface area contributed by atoms with Crippen LogP contribution in [0.1, 0.15) is 25.3 Å². The highest BCUT2D eigenvalue weighted by Gasteiger charge is 2.05. The molecule has 1 aromatic rings. The Morgan fingerprint density at radius 2 is 2.00 bits per heavy atom. The predicted molar refractivity (Wildman–Crippen MR) is 82.9 cm³/mol. The second-order valence-corrected chi connectivity index (χ2v) is 6.81. The topological polar surface area (TPSA) is 66.4 Å². The summed E-state index contributed by atoms with van der Waals surface area (Å²) < 4.78 is 25.9. The Labute approximate surface area is 125 Å². The summed E-state index contributed by atoms with van der Waals surface area (Å²) in [6, 6.07) is 6.91. The zero-order chi connectivity index (χ0) is 15.0. The molecule has 0 saturated heterocycles. The molecule has 0 aliphatic rings. The van der Waals surface area contributed by atoms with E-state index >= 15 is 0 Å². The molecule has 0 heterocycles. The number of hydrogen-bond acceptors (Lipinski definition) is 3. The maximum Gasteiger partial charge on any atom is 0.233 e. The van der Waals surface area contributed by atoms with Crippen LogP contribution in [0.3, 0.4) is 0 Å². The Morgan fingerprint density at radius 3 is 2.60 bits per heavy atom. The van der Waals surface area contributed by atoms with E-state index in [1.54, 1.807) is 24.3 Å². The Balaban J connectivity index is 2.43. The molecule has 112 valence electrons. The second kappa shape index (κ2) is 8.42. The molecular weight excluding hydrogens is 298 g/mol. The van der Waals surface area contributed by atoms with Gasteiger partial charge in [-0.2, -0.15) is 0 Å². The lowest BCUT2D eigenvalue weighted by Crippen LogP contribution is -2.22. The summed E-state index contributed by atoms with van der Waals surface area (Å²) in [5, 5.41) is 10.6. The van der Waals surface area contributed by atoms with Crippen LogP contribution in [0.5, 0.6) is 0 Å². The Hall–Kier alpha value is -0.880. The van der Waals surface area contributed by atoms with Gasteiger partial charge in [-0.1, -0.05) is 30.7 Å². The van der Waals surface area contributed by atoms with Crippen LogP contribution in [0.15, 0.2) is 29.7 Å². The Bertz CT molecular complexity index is 526. The van der Waals surface area contributed by atoms with E-state index in [1.165, 1.54) is 6.08 Å². The van der Waals surface area contributed by atoms with Gasteiger partial charge in [-0.15, -0.1) is 0 Å².